The standard InChI is InChI=1S/C34H54N4O6/c1-18-26-14-23(34(26,3)4)15-27(18)36-33(42)30-29(19(2)40)28(17-39)44-38(30)16-20-9-8-10-25(31(20)43-7)21-11-22(32(35)41)13-24(12-21)37(5)6/h11-13,18-20,23,25-31,39-40H,8-10,14-17H2,1-7H3,(H2,35,41)(H,36,42)/t18-,19-,20?,23+,25?,26-,27-,28-,29+,30-,31?/m0/s1. The Morgan fingerprint density at radius 1 is 1.23 bits per heavy atom. The number of hydrogen-bond acceptors (Lipinski definition) is 8. The molecule has 2 bridgehead atoms. The number of aliphatic hydroxyl groups excluding tert-OH is 2. The van der Waals surface area contributed by atoms with Crippen LogP contribution >= 0.6 is 0 Å². The highest BCUT2D eigenvalue weighted by molar-refractivity contribution is 5.94. The number of nitrogens with zero attached hydrogens (tertiary/aromatic N) is 2. The molecule has 0 aromatic heterocycles. The fraction of sp³-hybridized carbons (Fsp3) is 0.765. The van der Waals surface area contributed by atoms with Crippen LogP contribution in [0.1, 0.15) is 81.6 Å². The predicted molar refractivity (Wildman–Crippen MR) is 169 cm³/mol. The van der Waals surface area contributed by atoms with Crippen LogP contribution in [0.15, 0.2) is 18.2 Å². The number of primary amides is 1. The van der Waals surface area contributed by atoms with E-state index in [-0.39, 0.29) is 36.5 Å². The lowest BCUT2D eigenvalue weighted by molar-refractivity contribution is -0.190. The van der Waals surface area contributed by atoms with Crippen molar-refractivity contribution in [3.8, 4) is 0 Å². The van der Waals surface area contributed by atoms with Gasteiger partial charge in [0.15, 0.2) is 0 Å². The van der Waals surface area contributed by atoms with Crippen LogP contribution in [0.2, 0.25) is 0 Å². The minimum atomic E-state index is -0.845. The predicted octanol–water partition coefficient (Wildman–Crippen LogP) is 2.91. The van der Waals surface area contributed by atoms with Crippen LogP contribution in [0.4, 0.5) is 5.69 Å². The number of aliphatic hydroxyl groups is 2. The minimum Gasteiger partial charge on any atom is -0.394 e. The largest absolute Gasteiger partial charge is 0.394 e. The van der Waals surface area contributed by atoms with Gasteiger partial charge in [-0.15, -0.1) is 0 Å². The smallest absolute Gasteiger partial charge is 0.248 e. The van der Waals surface area contributed by atoms with Gasteiger partial charge in [0.1, 0.15) is 12.1 Å². The van der Waals surface area contributed by atoms with Crippen LogP contribution in [-0.4, -0.2) is 91.8 Å². The van der Waals surface area contributed by atoms with Gasteiger partial charge in [-0.25, -0.2) is 0 Å². The Morgan fingerprint density at radius 3 is 2.52 bits per heavy atom. The van der Waals surface area contributed by atoms with Crippen LogP contribution in [0.5, 0.6) is 0 Å². The Bertz CT molecular complexity index is 1210. The summed E-state index contributed by atoms with van der Waals surface area (Å²) in [6.45, 7) is 8.74. The third-order valence-electron chi connectivity index (χ3n) is 11.9. The second kappa shape index (κ2) is 12.9. The molecule has 1 heterocycles. The summed E-state index contributed by atoms with van der Waals surface area (Å²) in [5, 5.41) is 26.2. The maximum absolute atomic E-state index is 14.1. The molecule has 44 heavy (non-hydrogen) atoms. The number of anilines is 1. The van der Waals surface area contributed by atoms with Gasteiger partial charge in [0.05, 0.1) is 18.8 Å². The Morgan fingerprint density at radius 2 is 1.95 bits per heavy atom. The average Bonchev–Trinajstić information content (AvgIpc) is 3.36. The zero-order valence-electron chi connectivity index (χ0n) is 27.5. The first kappa shape index (κ1) is 33.1. The number of hydroxylamine groups is 2. The molecule has 0 radical (unpaired) electrons. The molecule has 1 saturated heterocycles. The third kappa shape index (κ3) is 6.00. The van der Waals surface area contributed by atoms with E-state index in [0.717, 1.165) is 36.9 Å². The van der Waals surface area contributed by atoms with E-state index >= 15 is 0 Å². The molecule has 246 valence electrons. The molecule has 4 aliphatic carbocycles. The number of hydrogen-bond donors (Lipinski definition) is 4. The fourth-order valence-corrected chi connectivity index (χ4v) is 9.15. The molecule has 3 unspecified atom stereocenters. The molecule has 2 amide bonds. The van der Waals surface area contributed by atoms with E-state index in [9.17, 15) is 19.8 Å². The van der Waals surface area contributed by atoms with Crippen molar-refractivity contribution in [3.63, 3.8) is 0 Å². The first-order valence-electron chi connectivity index (χ1n) is 16.5. The van der Waals surface area contributed by atoms with Crippen molar-refractivity contribution >= 4 is 17.5 Å². The topological polar surface area (TPSA) is 138 Å². The number of fused-ring (bicyclic) bond motifs is 2. The van der Waals surface area contributed by atoms with Crippen molar-refractivity contribution in [2.24, 2.45) is 40.7 Å². The molecular formula is C34H54N4O6. The first-order valence-corrected chi connectivity index (χ1v) is 16.5. The van der Waals surface area contributed by atoms with E-state index < -0.39 is 30.1 Å². The van der Waals surface area contributed by atoms with E-state index in [4.69, 9.17) is 15.3 Å². The SMILES string of the molecule is COC1C(CN2O[C@@H](CO)[C@@H]([C@H](C)O)[C@H]2C(=O)N[C@H]2C[C@H]3C[C@@H]([C@@H]2C)C3(C)C)CCCC1c1cc(C(N)=O)cc(N(C)C)c1. The second-order valence-electron chi connectivity index (χ2n) is 14.8. The monoisotopic (exact) mass is 614 g/mol. The van der Waals surface area contributed by atoms with Crippen molar-refractivity contribution in [1.82, 2.24) is 10.4 Å². The lowest BCUT2D eigenvalue weighted by atomic mass is 9.45. The summed E-state index contributed by atoms with van der Waals surface area (Å²) in [6.07, 6.45) is 3.17. The maximum Gasteiger partial charge on any atom is 0.248 e. The molecule has 1 aliphatic heterocycles. The molecule has 10 heteroatoms. The van der Waals surface area contributed by atoms with Gasteiger partial charge in [-0.3, -0.25) is 14.4 Å². The van der Waals surface area contributed by atoms with Crippen molar-refractivity contribution < 1.29 is 29.4 Å². The zero-order valence-corrected chi connectivity index (χ0v) is 27.5. The third-order valence-corrected chi connectivity index (χ3v) is 11.9. The average molecular weight is 615 g/mol. The second-order valence-corrected chi connectivity index (χ2v) is 14.8. The number of nitrogens with two attached hydrogens (primary N) is 1. The van der Waals surface area contributed by atoms with Crippen molar-refractivity contribution in [2.45, 2.75) is 96.1 Å². The highest BCUT2D eigenvalue weighted by Gasteiger charge is 2.57. The van der Waals surface area contributed by atoms with Crippen molar-refractivity contribution in [2.75, 3.05) is 39.3 Å². The van der Waals surface area contributed by atoms with E-state index in [1.807, 2.05) is 25.1 Å². The molecule has 11 atom stereocenters. The summed E-state index contributed by atoms with van der Waals surface area (Å²) < 4.78 is 6.17. The fourth-order valence-electron chi connectivity index (χ4n) is 9.15. The van der Waals surface area contributed by atoms with Gasteiger partial charge < -0.3 is 30.9 Å². The van der Waals surface area contributed by atoms with Crippen LogP contribution in [0, 0.1) is 35.0 Å². The number of amides is 2. The Labute approximate surface area is 262 Å². The number of carbonyl (C=O) groups is 2. The van der Waals surface area contributed by atoms with E-state index in [0.29, 0.717) is 35.3 Å². The number of carbonyl (C=O) groups excluding carboxylic acids is 2. The van der Waals surface area contributed by atoms with Gasteiger partial charge in [-0.05, 0) is 79.5 Å². The lowest BCUT2D eigenvalue weighted by Crippen LogP contribution is -2.62. The van der Waals surface area contributed by atoms with Crippen molar-refractivity contribution in [1.29, 1.82) is 0 Å². The number of benzene rings is 1. The van der Waals surface area contributed by atoms with Gasteiger partial charge in [-0.2, -0.15) is 5.06 Å². The Kier molecular flexibility index (Phi) is 9.69. The van der Waals surface area contributed by atoms with Gasteiger partial charge in [0.2, 0.25) is 11.8 Å². The molecule has 0 spiro atoms. The van der Waals surface area contributed by atoms with Gasteiger partial charge in [0, 0.05) is 62.8 Å². The molecule has 4 saturated carbocycles. The zero-order chi connectivity index (χ0) is 32.1. The molecule has 5 aliphatic rings. The minimum absolute atomic E-state index is 0.0169. The van der Waals surface area contributed by atoms with Crippen LogP contribution < -0.4 is 16.0 Å². The highest BCUT2D eigenvalue weighted by atomic mass is 16.7. The summed E-state index contributed by atoms with van der Waals surface area (Å²) in [6, 6.07) is 5.12. The van der Waals surface area contributed by atoms with E-state index in [1.54, 1.807) is 25.2 Å². The molecule has 10 nitrogen and oxygen atoms in total. The normalized spacial score (nSPS) is 37.2. The van der Waals surface area contributed by atoms with E-state index in [1.165, 1.54) is 6.42 Å². The van der Waals surface area contributed by atoms with Crippen LogP contribution in [0.3, 0.4) is 0 Å². The van der Waals surface area contributed by atoms with Crippen LogP contribution in [0.25, 0.3) is 0 Å². The van der Waals surface area contributed by atoms with Gasteiger partial charge in [-0.1, -0.05) is 27.2 Å². The molecule has 5 fully saturated rings. The maximum atomic E-state index is 14.1. The highest BCUT2D eigenvalue weighted by Crippen LogP contribution is 2.61. The number of rotatable bonds is 10. The van der Waals surface area contributed by atoms with Crippen molar-refractivity contribution in [3.05, 3.63) is 29.3 Å². The molecule has 1 aromatic carbocycles. The molecule has 6 rings (SSSR count). The molecule has 1 aromatic rings. The number of ether oxygens (including phenoxy) is 1. The summed E-state index contributed by atoms with van der Waals surface area (Å²) >= 11 is 0. The van der Waals surface area contributed by atoms with E-state index in [2.05, 4.69) is 32.2 Å². The quantitative estimate of drug-likeness (QED) is 0.316. The summed E-state index contributed by atoms with van der Waals surface area (Å²) in [5.74, 6) is 0.410. The first-order chi connectivity index (χ1) is 20.8. The number of methoxy groups -OCH3 is 1. The molecular weight excluding hydrogens is 560 g/mol. The Hall–Kier alpha value is -2.24. The molecule has 5 N–H and O–H groups in total. The lowest BCUT2D eigenvalue weighted by Gasteiger charge is -2.62. The summed E-state index contributed by atoms with van der Waals surface area (Å²) in [7, 11) is 5.58. The number of nitrogens with one attached hydrogen (secondary N) is 1. The van der Waals surface area contributed by atoms with Crippen LogP contribution in [-0.2, 0) is 14.4 Å². The Balaban J connectivity index is 1.38. The van der Waals surface area contributed by atoms with Gasteiger partial charge >= 0.3 is 0 Å². The summed E-state index contributed by atoms with van der Waals surface area (Å²) in [4.78, 5) is 34.5. The summed E-state index contributed by atoms with van der Waals surface area (Å²) in [5.41, 5.74) is 8.37. The van der Waals surface area contributed by atoms with Gasteiger partial charge in [0.25, 0.3) is 0 Å².